The van der Waals surface area contributed by atoms with Gasteiger partial charge in [0.25, 0.3) is 0 Å². The molecule has 0 unspecified atom stereocenters. The summed E-state index contributed by atoms with van der Waals surface area (Å²) < 4.78 is 13.9. The molecule has 1 aromatic heterocycles. The zero-order valence-electron chi connectivity index (χ0n) is 17.2. The van der Waals surface area contributed by atoms with Crippen LogP contribution in [0.4, 0.5) is 15.9 Å². The molecule has 0 amide bonds. The molecule has 2 aliphatic rings. The molecule has 30 heavy (non-hydrogen) atoms. The lowest BCUT2D eigenvalue weighted by atomic mass is 10.1. The van der Waals surface area contributed by atoms with Gasteiger partial charge in [-0.3, -0.25) is 10.1 Å². The van der Waals surface area contributed by atoms with Gasteiger partial charge in [0.15, 0.2) is 0 Å². The smallest absolute Gasteiger partial charge is 0.337 e. The average molecular weight is 411 g/mol. The van der Waals surface area contributed by atoms with Crippen LogP contribution in [0.2, 0.25) is 0 Å². The van der Waals surface area contributed by atoms with Crippen LogP contribution in [-0.2, 0) is 0 Å². The molecule has 158 valence electrons. The first-order valence-corrected chi connectivity index (χ1v) is 10.5. The molecule has 3 heterocycles. The normalized spacial score (nSPS) is 17.5. The van der Waals surface area contributed by atoms with E-state index in [1.807, 2.05) is 11.0 Å². The lowest BCUT2D eigenvalue weighted by molar-refractivity contribution is -0.384. The summed E-state index contributed by atoms with van der Waals surface area (Å²) in [4.78, 5) is 24.7. The maximum atomic E-state index is 13.9. The van der Waals surface area contributed by atoms with Crippen molar-refractivity contribution in [3.63, 3.8) is 0 Å². The van der Waals surface area contributed by atoms with Gasteiger partial charge in [-0.25, -0.2) is 14.4 Å². The number of nitrogens with zero attached hydrogens (tertiary/aromatic N) is 5. The number of aromatic nitrogens is 2. The summed E-state index contributed by atoms with van der Waals surface area (Å²) in [7, 11) is 0. The quantitative estimate of drug-likeness (QED) is 0.536. The van der Waals surface area contributed by atoms with Gasteiger partial charge >= 0.3 is 5.69 Å². The molecule has 0 spiro atoms. The second-order valence-corrected chi connectivity index (χ2v) is 7.87. The third kappa shape index (κ3) is 4.27. The fourth-order valence-corrected chi connectivity index (χ4v) is 4.27. The minimum atomic E-state index is -0.387. The second-order valence-electron chi connectivity index (χ2n) is 7.87. The number of anilines is 1. The Kier molecular flexibility index (Phi) is 5.92. The van der Waals surface area contributed by atoms with Gasteiger partial charge in [0.2, 0.25) is 5.82 Å². The van der Waals surface area contributed by atoms with Crippen LogP contribution < -0.4 is 4.90 Å². The van der Waals surface area contributed by atoms with E-state index in [1.165, 1.54) is 12.1 Å². The molecule has 0 aliphatic carbocycles. The molecular weight excluding hydrogens is 385 g/mol. The van der Waals surface area contributed by atoms with Gasteiger partial charge in [0, 0.05) is 37.4 Å². The Morgan fingerprint density at radius 3 is 2.47 bits per heavy atom. The summed E-state index contributed by atoms with van der Waals surface area (Å²) >= 11 is 0. The van der Waals surface area contributed by atoms with Crippen LogP contribution in [0.1, 0.15) is 49.2 Å². The minimum Gasteiger partial charge on any atom is -0.371 e. The number of piperidine rings is 1. The van der Waals surface area contributed by atoms with Gasteiger partial charge in [0.05, 0.1) is 4.92 Å². The Balaban J connectivity index is 1.86. The van der Waals surface area contributed by atoms with Crippen molar-refractivity contribution >= 4 is 23.3 Å². The number of benzene rings is 1. The molecule has 0 radical (unpaired) electrons. The molecule has 1 aromatic carbocycles. The van der Waals surface area contributed by atoms with E-state index in [0.29, 0.717) is 17.2 Å². The van der Waals surface area contributed by atoms with Crippen LogP contribution in [0, 0.1) is 22.9 Å². The van der Waals surface area contributed by atoms with Crippen LogP contribution in [0.15, 0.2) is 24.3 Å². The van der Waals surface area contributed by atoms with E-state index in [4.69, 9.17) is 0 Å². The van der Waals surface area contributed by atoms with Crippen molar-refractivity contribution in [2.24, 2.45) is 0 Å². The lowest BCUT2D eigenvalue weighted by Crippen LogP contribution is -2.31. The van der Waals surface area contributed by atoms with Gasteiger partial charge in [0.1, 0.15) is 17.3 Å². The molecule has 2 aromatic rings. The number of likely N-dealkylation sites (tertiary alicyclic amines) is 1. The second kappa shape index (κ2) is 8.77. The highest BCUT2D eigenvalue weighted by atomic mass is 19.1. The predicted molar refractivity (Wildman–Crippen MR) is 115 cm³/mol. The Morgan fingerprint density at radius 1 is 1.10 bits per heavy atom. The zero-order valence-corrected chi connectivity index (χ0v) is 17.2. The highest BCUT2D eigenvalue weighted by Crippen LogP contribution is 2.34. The topological polar surface area (TPSA) is 75.4 Å². The van der Waals surface area contributed by atoms with E-state index in [0.717, 1.165) is 64.0 Å². The fraction of sp³-hybridized carbons (Fsp3) is 0.455. The summed E-state index contributed by atoms with van der Waals surface area (Å²) in [6, 6.07) is 6.36. The van der Waals surface area contributed by atoms with Crippen LogP contribution in [0.5, 0.6) is 0 Å². The van der Waals surface area contributed by atoms with E-state index in [2.05, 4.69) is 14.9 Å². The number of aryl methyl sites for hydroxylation is 1. The molecule has 2 aliphatic heterocycles. The monoisotopic (exact) mass is 411 g/mol. The minimum absolute atomic E-state index is 0.0735. The first-order valence-electron chi connectivity index (χ1n) is 10.5. The summed E-state index contributed by atoms with van der Waals surface area (Å²) in [5.74, 6) is 0.547. The fourth-order valence-electron chi connectivity index (χ4n) is 4.27. The van der Waals surface area contributed by atoms with Crippen molar-refractivity contribution in [1.29, 1.82) is 0 Å². The summed E-state index contributed by atoms with van der Waals surface area (Å²) in [5.41, 5.74) is 1.66. The van der Waals surface area contributed by atoms with Crippen molar-refractivity contribution in [3.8, 4) is 0 Å². The molecule has 0 bridgehead atoms. The van der Waals surface area contributed by atoms with E-state index in [-0.39, 0.29) is 22.1 Å². The summed E-state index contributed by atoms with van der Waals surface area (Å²) in [6.07, 6.45) is 6.93. The van der Waals surface area contributed by atoms with Crippen molar-refractivity contribution in [2.75, 3.05) is 31.1 Å². The van der Waals surface area contributed by atoms with Crippen molar-refractivity contribution < 1.29 is 9.31 Å². The van der Waals surface area contributed by atoms with Gasteiger partial charge in [-0.15, -0.1) is 0 Å². The van der Waals surface area contributed by atoms with E-state index < -0.39 is 0 Å². The third-order valence-corrected chi connectivity index (χ3v) is 5.68. The Hall–Kier alpha value is -3.03. The van der Waals surface area contributed by atoms with Gasteiger partial charge in [-0.2, -0.15) is 0 Å². The molecule has 0 atom stereocenters. The SMILES string of the molecule is Cc1nc(/C=C(/c2cccc(F)c2)N2CCCC2)c([N+](=O)[O-])c(N2CCCCC2)n1. The number of hydrogen-bond acceptors (Lipinski definition) is 6. The number of rotatable bonds is 5. The van der Waals surface area contributed by atoms with Gasteiger partial charge < -0.3 is 9.80 Å². The van der Waals surface area contributed by atoms with Crippen LogP contribution in [-0.4, -0.2) is 46.0 Å². The summed E-state index contributed by atoms with van der Waals surface area (Å²) in [6.45, 7) is 4.93. The average Bonchev–Trinajstić information content (AvgIpc) is 3.26. The lowest BCUT2D eigenvalue weighted by Gasteiger charge is -2.28. The molecule has 0 N–H and O–H groups in total. The van der Waals surface area contributed by atoms with Gasteiger partial charge in [-0.1, -0.05) is 12.1 Å². The molecule has 4 rings (SSSR count). The van der Waals surface area contributed by atoms with Crippen molar-refractivity contribution in [1.82, 2.24) is 14.9 Å². The highest BCUT2D eigenvalue weighted by Gasteiger charge is 2.29. The first kappa shape index (κ1) is 20.3. The van der Waals surface area contributed by atoms with Crippen molar-refractivity contribution in [3.05, 3.63) is 57.3 Å². The van der Waals surface area contributed by atoms with E-state index >= 15 is 0 Å². The van der Waals surface area contributed by atoms with Crippen LogP contribution >= 0.6 is 0 Å². The van der Waals surface area contributed by atoms with Crippen molar-refractivity contribution in [2.45, 2.75) is 39.0 Å². The van der Waals surface area contributed by atoms with E-state index in [9.17, 15) is 14.5 Å². The Bertz CT molecular complexity index is 966. The largest absolute Gasteiger partial charge is 0.371 e. The number of halogens is 1. The molecule has 2 saturated heterocycles. The highest BCUT2D eigenvalue weighted by molar-refractivity contribution is 5.84. The summed E-state index contributed by atoms with van der Waals surface area (Å²) in [5, 5.41) is 12.1. The molecule has 2 fully saturated rings. The number of nitro groups is 1. The first-order chi connectivity index (χ1) is 14.5. The van der Waals surface area contributed by atoms with E-state index in [1.54, 1.807) is 19.1 Å². The predicted octanol–water partition coefficient (Wildman–Crippen LogP) is 4.42. The maximum absolute atomic E-state index is 13.9. The van der Waals surface area contributed by atoms with Crippen LogP contribution in [0.3, 0.4) is 0 Å². The van der Waals surface area contributed by atoms with Crippen LogP contribution in [0.25, 0.3) is 11.8 Å². The Labute approximate surface area is 175 Å². The maximum Gasteiger partial charge on any atom is 0.337 e. The third-order valence-electron chi connectivity index (χ3n) is 5.68. The number of hydrogen-bond donors (Lipinski definition) is 0. The standard InChI is InChI=1S/C22H26FN5O2/c1-16-24-19(21(28(29)30)22(25-16)27-12-3-2-4-13-27)15-20(26-10-5-6-11-26)17-8-7-9-18(23)14-17/h7-9,14-15H,2-6,10-13H2,1H3/b20-15-. The Morgan fingerprint density at radius 2 is 1.80 bits per heavy atom. The molecule has 7 nitrogen and oxygen atoms in total. The zero-order chi connectivity index (χ0) is 21.1. The molecular formula is C22H26FN5O2. The van der Waals surface area contributed by atoms with Gasteiger partial charge in [-0.05, 0) is 57.2 Å². The molecule has 8 heteroatoms. The molecule has 0 saturated carbocycles.